The molecular weight excluding hydrogens is 256 g/mol. The van der Waals surface area contributed by atoms with Crippen molar-refractivity contribution in [1.29, 1.82) is 0 Å². The maximum absolute atomic E-state index is 12.3. The molecule has 1 N–H and O–H groups in total. The van der Waals surface area contributed by atoms with Gasteiger partial charge >= 0.3 is 0 Å². The second kappa shape index (κ2) is 4.80. The van der Waals surface area contributed by atoms with E-state index in [9.17, 15) is 4.79 Å². The number of hydrogen-bond acceptors (Lipinski definition) is 3. The lowest BCUT2D eigenvalue weighted by Gasteiger charge is -2.29. The minimum Gasteiger partial charge on any atom is -0.361 e. The summed E-state index contributed by atoms with van der Waals surface area (Å²) in [6.07, 6.45) is 6.29. The van der Waals surface area contributed by atoms with Crippen molar-refractivity contribution in [1.82, 2.24) is 5.32 Å². The van der Waals surface area contributed by atoms with E-state index in [1.54, 1.807) is 11.8 Å². The second-order valence-electron chi connectivity index (χ2n) is 6.65. The first-order valence-electron chi connectivity index (χ1n) is 7.64. The molecule has 3 aliphatic rings. The number of fused-ring (bicyclic) bond motifs is 2. The number of amides is 1. The van der Waals surface area contributed by atoms with Crippen molar-refractivity contribution in [2.75, 3.05) is 0 Å². The molecule has 1 unspecified atom stereocenters. The molecule has 2 bridgehead atoms. The van der Waals surface area contributed by atoms with Gasteiger partial charge in [-0.1, -0.05) is 39.0 Å². The van der Waals surface area contributed by atoms with Gasteiger partial charge in [-0.2, -0.15) is 4.99 Å². The van der Waals surface area contributed by atoms with Gasteiger partial charge in [0.2, 0.25) is 0 Å². The molecular formula is C15H24N2OS. The summed E-state index contributed by atoms with van der Waals surface area (Å²) in [4.78, 5) is 16.6. The number of carbonyl (C=O) groups excluding carboxylic acids is 1. The predicted octanol–water partition coefficient (Wildman–Crippen LogP) is 3.20. The molecule has 0 spiro atoms. The molecule has 0 aromatic heterocycles. The van der Waals surface area contributed by atoms with E-state index in [0.29, 0.717) is 12.0 Å². The maximum atomic E-state index is 12.3. The number of nitrogens with zero attached hydrogens (tertiary/aromatic N) is 1. The van der Waals surface area contributed by atoms with Crippen molar-refractivity contribution in [2.24, 2.45) is 22.7 Å². The van der Waals surface area contributed by atoms with Crippen LogP contribution >= 0.6 is 11.8 Å². The smallest absolute Gasteiger partial charge is 0.265 e. The van der Waals surface area contributed by atoms with Gasteiger partial charge in [0.25, 0.3) is 5.91 Å². The Hall–Kier alpha value is -0.510. The van der Waals surface area contributed by atoms with Crippen molar-refractivity contribution in [3.8, 4) is 0 Å². The molecule has 1 aliphatic heterocycles. The molecule has 106 valence electrons. The molecule has 3 rings (SSSR count). The van der Waals surface area contributed by atoms with Crippen LogP contribution in [0, 0.1) is 17.8 Å². The topological polar surface area (TPSA) is 41.5 Å². The number of hydrogen-bond donors (Lipinski definition) is 1. The fourth-order valence-corrected chi connectivity index (χ4v) is 5.26. The van der Waals surface area contributed by atoms with Crippen molar-refractivity contribution >= 4 is 22.8 Å². The normalized spacial score (nSPS) is 41.2. The van der Waals surface area contributed by atoms with E-state index in [-0.39, 0.29) is 10.7 Å². The van der Waals surface area contributed by atoms with Gasteiger partial charge in [-0.05, 0) is 43.4 Å². The second-order valence-corrected chi connectivity index (χ2v) is 7.97. The summed E-state index contributed by atoms with van der Waals surface area (Å²) in [5.41, 5.74) is 0. The van der Waals surface area contributed by atoms with E-state index in [1.165, 1.54) is 25.7 Å². The summed E-state index contributed by atoms with van der Waals surface area (Å²) in [6, 6.07) is 0.567. The molecule has 2 aliphatic carbocycles. The third-order valence-corrected chi connectivity index (χ3v) is 7.05. The Morgan fingerprint density at radius 3 is 2.68 bits per heavy atom. The molecule has 4 atom stereocenters. The highest BCUT2D eigenvalue weighted by Gasteiger charge is 2.48. The van der Waals surface area contributed by atoms with Gasteiger partial charge in [0, 0.05) is 6.04 Å². The SMILES string of the molecule is CC[C@]1(C(C)C)SC(NC2C[C@@H]3CC[C@H]2C3)=NC1=O. The number of nitrogens with one attached hydrogen (secondary N) is 1. The molecule has 2 fully saturated rings. The molecule has 0 saturated heterocycles. The number of thioether (sulfide) groups is 1. The lowest BCUT2D eigenvalue weighted by atomic mass is 9.91. The van der Waals surface area contributed by atoms with Crippen LogP contribution < -0.4 is 5.32 Å². The van der Waals surface area contributed by atoms with Crippen LogP contribution in [-0.2, 0) is 4.79 Å². The maximum Gasteiger partial charge on any atom is 0.265 e. The zero-order valence-corrected chi connectivity index (χ0v) is 12.9. The molecule has 2 saturated carbocycles. The van der Waals surface area contributed by atoms with Gasteiger partial charge in [0.05, 0.1) is 0 Å². The Balaban J connectivity index is 1.67. The zero-order chi connectivity index (χ0) is 13.6. The van der Waals surface area contributed by atoms with Gasteiger partial charge < -0.3 is 5.32 Å². The summed E-state index contributed by atoms with van der Waals surface area (Å²) < 4.78 is -0.319. The first-order valence-corrected chi connectivity index (χ1v) is 8.45. The van der Waals surface area contributed by atoms with E-state index < -0.39 is 0 Å². The third-order valence-electron chi connectivity index (χ3n) is 5.35. The summed E-state index contributed by atoms with van der Waals surface area (Å²) in [5.74, 6) is 2.14. The number of carbonyl (C=O) groups is 1. The van der Waals surface area contributed by atoms with E-state index in [2.05, 4.69) is 31.1 Å². The Morgan fingerprint density at radius 2 is 2.21 bits per heavy atom. The van der Waals surface area contributed by atoms with E-state index in [1.807, 2.05) is 0 Å². The zero-order valence-electron chi connectivity index (χ0n) is 12.1. The lowest BCUT2D eigenvalue weighted by Crippen LogP contribution is -2.39. The Bertz CT molecular complexity index is 420. The molecule has 0 radical (unpaired) electrons. The fourth-order valence-electron chi connectivity index (χ4n) is 4.06. The lowest BCUT2D eigenvalue weighted by molar-refractivity contribution is -0.120. The van der Waals surface area contributed by atoms with E-state index in [0.717, 1.165) is 23.4 Å². The van der Waals surface area contributed by atoms with Gasteiger partial charge in [0.15, 0.2) is 5.17 Å². The molecule has 1 amide bonds. The van der Waals surface area contributed by atoms with Crippen LogP contribution in [0.4, 0.5) is 0 Å². The van der Waals surface area contributed by atoms with Crippen LogP contribution in [0.2, 0.25) is 0 Å². The first kappa shape index (κ1) is 13.5. The minimum absolute atomic E-state index is 0.0701. The van der Waals surface area contributed by atoms with Crippen LogP contribution in [0.1, 0.15) is 52.9 Å². The van der Waals surface area contributed by atoms with Gasteiger partial charge in [-0.3, -0.25) is 4.79 Å². The van der Waals surface area contributed by atoms with Gasteiger partial charge in [-0.15, -0.1) is 0 Å². The van der Waals surface area contributed by atoms with Crippen LogP contribution in [0.25, 0.3) is 0 Å². The van der Waals surface area contributed by atoms with Crippen molar-refractivity contribution in [3.05, 3.63) is 0 Å². The van der Waals surface area contributed by atoms with Gasteiger partial charge in [-0.25, -0.2) is 0 Å². The molecule has 4 heteroatoms. The van der Waals surface area contributed by atoms with Crippen molar-refractivity contribution in [2.45, 2.75) is 63.7 Å². The highest BCUT2D eigenvalue weighted by Crippen LogP contribution is 2.46. The Kier molecular flexibility index (Phi) is 3.40. The van der Waals surface area contributed by atoms with E-state index in [4.69, 9.17) is 0 Å². The molecule has 0 aromatic rings. The monoisotopic (exact) mass is 280 g/mol. The molecule has 0 aromatic carbocycles. The quantitative estimate of drug-likeness (QED) is 0.863. The van der Waals surface area contributed by atoms with Gasteiger partial charge in [0.1, 0.15) is 4.75 Å². The average Bonchev–Trinajstić information content (AvgIpc) is 3.03. The summed E-state index contributed by atoms with van der Waals surface area (Å²) >= 11 is 1.68. The van der Waals surface area contributed by atoms with Crippen molar-refractivity contribution in [3.63, 3.8) is 0 Å². The first-order chi connectivity index (χ1) is 9.05. The highest BCUT2D eigenvalue weighted by molar-refractivity contribution is 8.16. The summed E-state index contributed by atoms with van der Waals surface area (Å²) in [5, 5.41) is 4.46. The van der Waals surface area contributed by atoms with Crippen LogP contribution in [0.15, 0.2) is 4.99 Å². The van der Waals surface area contributed by atoms with Crippen LogP contribution in [0.5, 0.6) is 0 Å². The largest absolute Gasteiger partial charge is 0.361 e. The Labute approximate surface area is 120 Å². The predicted molar refractivity (Wildman–Crippen MR) is 80.3 cm³/mol. The number of rotatable bonds is 3. The molecule has 3 nitrogen and oxygen atoms in total. The average molecular weight is 280 g/mol. The van der Waals surface area contributed by atoms with Crippen LogP contribution in [-0.4, -0.2) is 21.9 Å². The van der Waals surface area contributed by atoms with Crippen molar-refractivity contribution < 1.29 is 4.79 Å². The van der Waals surface area contributed by atoms with Crippen LogP contribution in [0.3, 0.4) is 0 Å². The highest BCUT2D eigenvalue weighted by atomic mass is 32.2. The third kappa shape index (κ3) is 2.12. The summed E-state index contributed by atoms with van der Waals surface area (Å²) in [7, 11) is 0. The number of amidine groups is 1. The number of aliphatic imine (C=N–C) groups is 1. The standard InChI is InChI=1S/C15H24N2OS/c1-4-15(9(2)3)13(18)17-14(19-15)16-12-8-10-5-6-11(12)7-10/h9-12H,4-8H2,1-3H3,(H,16,17,18)/t10-,11+,12?,15-/m1/s1. The summed E-state index contributed by atoms with van der Waals surface area (Å²) in [6.45, 7) is 6.36. The Morgan fingerprint density at radius 1 is 1.42 bits per heavy atom. The molecule has 19 heavy (non-hydrogen) atoms. The van der Waals surface area contributed by atoms with E-state index >= 15 is 0 Å². The molecule has 1 heterocycles. The fraction of sp³-hybridized carbons (Fsp3) is 0.867. The minimum atomic E-state index is -0.319.